The second kappa shape index (κ2) is 3.51. The fourth-order valence-corrected chi connectivity index (χ4v) is 2.20. The first-order chi connectivity index (χ1) is 6.29. The van der Waals surface area contributed by atoms with E-state index in [-0.39, 0.29) is 16.1 Å². The number of amides is 1. The molecular formula is C10H21N2O2+. The van der Waals surface area contributed by atoms with Crippen molar-refractivity contribution in [2.24, 2.45) is 0 Å². The Balaban J connectivity index is 2.98. The zero-order chi connectivity index (χ0) is 11.0. The maximum atomic E-state index is 11.4. The number of nitrogens with one attached hydrogen (secondary N) is 1. The molecule has 0 aliphatic carbocycles. The molecule has 4 heteroatoms. The number of piperazine rings is 1. The zero-order valence-corrected chi connectivity index (χ0v) is 9.50. The molecule has 2 N–H and O–H groups in total. The molecule has 1 heterocycles. The average molecular weight is 201 g/mol. The van der Waals surface area contributed by atoms with Gasteiger partial charge in [-0.25, -0.2) is 4.48 Å². The Morgan fingerprint density at radius 2 is 2.07 bits per heavy atom. The molecule has 1 aliphatic rings. The summed E-state index contributed by atoms with van der Waals surface area (Å²) in [4.78, 5) is 11.4. The third-order valence-corrected chi connectivity index (χ3v) is 3.22. The minimum atomic E-state index is -0.703. The van der Waals surface area contributed by atoms with Gasteiger partial charge in [-0.15, -0.1) is 0 Å². The van der Waals surface area contributed by atoms with Crippen LogP contribution in [0.5, 0.6) is 0 Å². The van der Waals surface area contributed by atoms with Crippen LogP contribution in [0.1, 0.15) is 27.7 Å². The minimum absolute atomic E-state index is 0.168. The highest BCUT2D eigenvalue weighted by molar-refractivity contribution is 5.57. The van der Waals surface area contributed by atoms with Gasteiger partial charge in [-0.1, -0.05) is 0 Å². The quantitative estimate of drug-likeness (QED) is 0.580. The Labute approximate surface area is 85.5 Å². The van der Waals surface area contributed by atoms with Crippen LogP contribution in [0.15, 0.2) is 0 Å². The fraction of sp³-hybridized carbons (Fsp3) is 0.900. The number of hydrogen-bond donors (Lipinski definition) is 2. The number of carboxylic acid groups (broad SMARTS) is 1. The predicted molar refractivity (Wildman–Crippen MR) is 55.2 cm³/mol. The van der Waals surface area contributed by atoms with Crippen LogP contribution < -0.4 is 5.32 Å². The summed E-state index contributed by atoms with van der Waals surface area (Å²) in [5, 5.41) is 12.7. The molecular weight excluding hydrogens is 180 g/mol. The number of rotatable bonds is 0. The highest BCUT2D eigenvalue weighted by Crippen LogP contribution is 2.27. The van der Waals surface area contributed by atoms with Gasteiger partial charge in [0.15, 0.2) is 0 Å². The van der Waals surface area contributed by atoms with Gasteiger partial charge in [-0.2, -0.15) is 4.79 Å². The van der Waals surface area contributed by atoms with Crippen LogP contribution in [0.3, 0.4) is 0 Å². The molecule has 0 aromatic rings. The normalized spacial score (nSPS) is 34.1. The first-order valence-electron chi connectivity index (χ1n) is 5.14. The maximum absolute atomic E-state index is 11.4. The van der Waals surface area contributed by atoms with Crippen molar-refractivity contribution in [3.8, 4) is 0 Å². The standard InChI is InChI=1S/C10H20N2O2/c1-8-7-12(9(13)14,6-5-11-8)10(2,3)4/h8,11H,5-7H2,1-4H3/p+1/t8-,12?/m0/s1. The third-order valence-electron chi connectivity index (χ3n) is 3.22. The molecule has 4 nitrogen and oxygen atoms in total. The van der Waals surface area contributed by atoms with Crippen molar-refractivity contribution in [1.29, 1.82) is 0 Å². The van der Waals surface area contributed by atoms with E-state index in [9.17, 15) is 9.90 Å². The largest absolute Gasteiger partial charge is 0.514 e. The van der Waals surface area contributed by atoms with Crippen molar-refractivity contribution in [3.63, 3.8) is 0 Å². The lowest BCUT2D eigenvalue weighted by Gasteiger charge is -2.47. The van der Waals surface area contributed by atoms with Crippen molar-refractivity contribution < 1.29 is 14.4 Å². The third kappa shape index (κ3) is 1.77. The van der Waals surface area contributed by atoms with Crippen LogP contribution in [-0.4, -0.2) is 46.9 Å². The van der Waals surface area contributed by atoms with E-state index in [2.05, 4.69) is 5.32 Å². The molecule has 0 spiro atoms. The average Bonchev–Trinajstić information content (AvgIpc) is 2.01. The summed E-state index contributed by atoms with van der Waals surface area (Å²) in [5.41, 5.74) is -0.234. The van der Waals surface area contributed by atoms with E-state index >= 15 is 0 Å². The van der Waals surface area contributed by atoms with E-state index in [1.807, 2.05) is 27.7 Å². The van der Waals surface area contributed by atoms with Crippen LogP contribution in [0, 0.1) is 0 Å². The Kier molecular flexibility index (Phi) is 2.88. The second-order valence-electron chi connectivity index (χ2n) is 5.18. The highest BCUT2D eigenvalue weighted by Gasteiger charge is 2.49. The summed E-state index contributed by atoms with van der Waals surface area (Å²) in [5.74, 6) is 0. The van der Waals surface area contributed by atoms with E-state index < -0.39 is 6.09 Å². The van der Waals surface area contributed by atoms with E-state index in [0.29, 0.717) is 13.1 Å². The second-order valence-corrected chi connectivity index (χ2v) is 5.18. The van der Waals surface area contributed by atoms with E-state index in [4.69, 9.17) is 0 Å². The summed E-state index contributed by atoms with van der Waals surface area (Å²) in [6.07, 6.45) is -0.703. The van der Waals surface area contributed by atoms with Crippen molar-refractivity contribution in [3.05, 3.63) is 0 Å². The number of carbonyl (C=O) groups is 1. The Morgan fingerprint density at radius 3 is 2.36 bits per heavy atom. The lowest BCUT2D eigenvalue weighted by molar-refractivity contribution is -0.907. The lowest BCUT2D eigenvalue weighted by Crippen LogP contribution is -2.71. The molecule has 1 aliphatic heterocycles. The molecule has 1 unspecified atom stereocenters. The smallest absolute Gasteiger partial charge is 0.435 e. The van der Waals surface area contributed by atoms with Gasteiger partial charge in [0, 0.05) is 6.54 Å². The van der Waals surface area contributed by atoms with Gasteiger partial charge < -0.3 is 10.4 Å². The minimum Gasteiger partial charge on any atom is -0.435 e. The number of nitrogens with zero attached hydrogens (tertiary/aromatic N) is 1. The molecule has 0 aromatic heterocycles. The monoisotopic (exact) mass is 201 g/mol. The Hall–Kier alpha value is -0.610. The summed E-state index contributed by atoms with van der Waals surface area (Å²) < 4.78 is 0.168. The van der Waals surface area contributed by atoms with Crippen molar-refractivity contribution in [2.75, 3.05) is 19.6 Å². The molecule has 0 aromatic carbocycles. The zero-order valence-electron chi connectivity index (χ0n) is 9.50. The maximum Gasteiger partial charge on any atom is 0.514 e. The lowest BCUT2D eigenvalue weighted by atomic mass is 9.98. The van der Waals surface area contributed by atoms with Crippen LogP contribution in [0.2, 0.25) is 0 Å². The van der Waals surface area contributed by atoms with Crippen molar-refractivity contribution >= 4 is 6.09 Å². The molecule has 1 fully saturated rings. The summed E-state index contributed by atoms with van der Waals surface area (Å²) in [6, 6.07) is 0.277. The van der Waals surface area contributed by atoms with Crippen molar-refractivity contribution in [2.45, 2.75) is 39.3 Å². The van der Waals surface area contributed by atoms with E-state index in [1.54, 1.807) is 0 Å². The first kappa shape index (κ1) is 11.5. The van der Waals surface area contributed by atoms with Gasteiger partial charge in [0.2, 0.25) is 0 Å². The molecule has 1 saturated heterocycles. The summed E-state index contributed by atoms with van der Waals surface area (Å²) >= 11 is 0. The number of hydrogen-bond acceptors (Lipinski definition) is 2. The van der Waals surface area contributed by atoms with Crippen LogP contribution in [0.4, 0.5) is 4.79 Å². The predicted octanol–water partition coefficient (Wildman–Crippen LogP) is 1.27. The highest BCUT2D eigenvalue weighted by atomic mass is 16.4. The molecule has 14 heavy (non-hydrogen) atoms. The molecule has 1 amide bonds. The van der Waals surface area contributed by atoms with Gasteiger partial charge >= 0.3 is 6.09 Å². The number of quaternary nitrogens is 1. The van der Waals surface area contributed by atoms with Gasteiger partial charge in [-0.05, 0) is 27.7 Å². The Morgan fingerprint density at radius 1 is 1.50 bits per heavy atom. The van der Waals surface area contributed by atoms with Gasteiger partial charge in [0.25, 0.3) is 0 Å². The first-order valence-corrected chi connectivity index (χ1v) is 5.14. The van der Waals surface area contributed by atoms with Gasteiger partial charge in [0.1, 0.15) is 18.6 Å². The summed E-state index contributed by atoms with van der Waals surface area (Å²) in [6.45, 7) is 10.2. The van der Waals surface area contributed by atoms with Crippen LogP contribution >= 0.6 is 0 Å². The molecule has 1 rings (SSSR count). The molecule has 82 valence electrons. The molecule has 0 radical (unpaired) electrons. The van der Waals surface area contributed by atoms with Gasteiger partial charge in [-0.3, -0.25) is 0 Å². The molecule has 0 saturated carbocycles. The molecule has 0 bridgehead atoms. The van der Waals surface area contributed by atoms with Crippen LogP contribution in [-0.2, 0) is 0 Å². The van der Waals surface area contributed by atoms with Crippen LogP contribution in [0.25, 0.3) is 0 Å². The Bertz CT molecular complexity index is 235. The molecule has 2 atom stereocenters. The van der Waals surface area contributed by atoms with E-state index in [1.165, 1.54) is 0 Å². The topological polar surface area (TPSA) is 49.3 Å². The summed E-state index contributed by atoms with van der Waals surface area (Å²) in [7, 11) is 0. The van der Waals surface area contributed by atoms with Gasteiger partial charge in [0.05, 0.1) is 6.04 Å². The SMILES string of the molecule is C[C@H]1C[N+](C(=O)O)(C(C)(C)C)CCN1. The fourth-order valence-electron chi connectivity index (χ4n) is 2.20. The van der Waals surface area contributed by atoms with Crippen molar-refractivity contribution in [1.82, 2.24) is 5.32 Å². The van der Waals surface area contributed by atoms with E-state index in [0.717, 1.165) is 6.54 Å².